The van der Waals surface area contributed by atoms with Gasteiger partial charge in [0.1, 0.15) is 5.82 Å². The summed E-state index contributed by atoms with van der Waals surface area (Å²) < 4.78 is 0. The Hall–Kier alpha value is -2.10. The van der Waals surface area contributed by atoms with Crippen molar-refractivity contribution in [1.29, 1.82) is 0 Å². The Bertz CT molecular complexity index is 570. The van der Waals surface area contributed by atoms with Gasteiger partial charge in [0.05, 0.1) is 12.1 Å². The van der Waals surface area contributed by atoms with Crippen molar-refractivity contribution in [3.8, 4) is 0 Å². The zero-order valence-electron chi connectivity index (χ0n) is 11.2. The third-order valence-electron chi connectivity index (χ3n) is 3.16. The molecule has 0 amide bonds. The van der Waals surface area contributed by atoms with Crippen LogP contribution in [0, 0.1) is 6.92 Å². The van der Waals surface area contributed by atoms with Gasteiger partial charge in [0.25, 0.3) is 0 Å². The number of hydrogen-bond acceptors (Lipinski definition) is 2. The lowest BCUT2D eigenvalue weighted by Gasteiger charge is -2.00. The highest BCUT2D eigenvalue weighted by Gasteiger charge is 2.10. The first-order valence-corrected chi connectivity index (χ1v) is 6.42. The second kappa shape index (κ2) is 5.69. The van der Waals surface area contributed by atoms with Gasteiger partial charge >= 0.3 is 5.97 Å². The van der Waals surface area contributed by atoms with Crippen molar-refractivity contribution in [3.05, 3.63) is 52.6 Å². The molecular weight excluding hydrogens is 240 g/mol. The average Bonchev–Trinajstić information content (AvgIpc) is 2.70. The van der Waals surface area contributed by atoms with Crippen LogP contribution >= 0.6 is 0 Å². The largest absolute Gasteiger partial charge is 0.481 e. The summed E-state index contributed by atoms with van der Waals surface area (Å²) in [5.74, 6) is -0.0357. The Morgan fingerprint density at radius 2 is 1.89 bits per heavy atom. The first-order valence-electron chi connectivity index (χ1n) is 6.42. The topological polar surface area (TPSA) is 66.0 Å². The summed E-state index contributed by atoms with van der Waals surface area (Å²) in [7, 11) is 0. The molecule has 2 aromatic rings. The number of aliphatic carboxylic acids is 1. The number of aryl methyl sites for hydroxylation is 2. The molecule has 0 unspecified atom stereocenters. The van der Waals surface area contributed by atoms with Crippen LogP contribution in [0.4, 0.5) is 0 Å². The lowest BCUT2D eigenvalue weighted by molar-refractivity contribution is -0.136. The first kappa shape index (κ1) is 13.3. The van der Waals surface area contributed by atoms with Gasteiger partial charge in [0, 0.05) is 12.1 Å². The molecule has 1 aromatic heterocycles. The number of nitrogens with one attached hydrogen (secondary N) is 1. The highest BCUT2D eigenvalue weighted by atomic mass is 16.4. The number of imidazole rings is 1. The van der Waals surface area contributed by atoms with Crippen LogP contribution in [0.2, 0.25) is 0 Å². The second-order valence-electron chi connectivity index (χ2n) is 4.67. The van der Waals surface area contributed by atoms with Gasteiger partial charge in [-0.25, -0.2) is 4.98 Å². The Morgan fingerprint density at radius 3 is 2.47 bits per heavy atom. The van der Waals surface area contributed by atoms with Crippen LogP contribution in [0.15, 0.2) is 24.3 Å². The van der Waals surface area contributed by atoms with Gasteiger partial charge in [0.2, 0.25) is 0 Å². The van der Waals surface area contributed by atoms with E-state index in [-0.39, 0.29) is 6.42 Å². The van der Waals surface area contributed by atoms with E-state index in [1.54, 1.807) is 0 Å². The van der Waals surface area contributed by atoms with Gasteiger partial charge in [0.15, 0.2) is 0 Å². The van der Waals surface area contributed by atoms with E-state index in [1.165, 1.54) is 11.1 Å². The van der Waals surface area contributed by atoms with Crippen molar-refractivity contribution in [2.75, 3.05) is 0 Å². The van der Waals surface area contributed by atoms with Gasteiger partial charge in [-0.05, 0) is 24.5 Å². The minimum absolute atomic E-state index is 0.0306. The summed E-state index contributed by atoms with van der Waals surface area (Å²) in [6, 6.07) is 8.41. The lowest BCUT2D eigenvalue weighted by Crippen LogP contribution is -2.01. The van der Waals surface area contributed by atoms with E-state index in [0.29, 0.717) is 12.1 Å². The molecule has 0 saturated heterocycles. The molecule has 1 heterocycles. The number of benzene rings is 1. The predicted octanol–water partition coefficient (Wildman–Crippen LogP) is 2.50. The molecule has 0 atom stereocenters. The summed E-state index contributed by atoms with van der Waals surface area (Å²) in [6.45, 7) is 3.98. The fourth-order valence-electron chi connectivity index (χ4n) is 2.05. The summed E-state index contributed by atoms with van der Waals surface area (Å²) in [5.41, 5.74) is 3.94. The van der Waals surface area contributed by atoms with E-state index in [9.17, 15) is 4.79 Å². The van der Waals surface area contributed by atoms with Crippen LogP contribution in [0.25, 0.3) is 0 Å². The maximum atomic E-state index is 10.7. The number of hydrogen-bond donors (Lipinski definition) is 2. The van der Waals surface area contributed by atoms with Crippen molar-refractivity contribution >= 4 is 5.97 Å². The van der Waals surface area contributed by atoms with E-state index >= 15 is 0 Å². The fraction of sp³-hybridized carbons (Fsp3) is 0.333. The zero-order chi connectivity index (χ0) is 13.8. The Balaban J connectivity index is 2.12. The normalized spacial score (nSPS) is 10.6. The summed E-state index contributed by atoms with van der Waals surface area (Å²) >= 11 is 0. The van der Waals surface area contributed by atoms with E-state index < -0.39 is 5.97 Å². The summed E-state index contributed by atoms with van der Waals surface area (Å²) in [5, 5.41) is 8.79. The Kier molecular flexibility index (Phi) is 4.00. The van der Waals surface area contributed by atoms with E-state index in [0.717, 1.165) is 17.9 Å². The molecule has 0 bridgehead atoms. The van der Waals surface area contributed by atoms with E-state index in [4.69, 9.17) is 5.11 Å². The number of H-pyrrole nitrogens is 1. The smallest absolute Gasteiger partial charge is 0.309 e. The number of aromatic nitrogens is 2. The van der Waals surface area contributed by atoms with Gasteiger partial charge in [-0.2, -0.15) is 0 Å². The van der Waals surface area contributed by atoms with Crippen LogP contribution in [0.1, 0.15) is 35.3 Å². The number of carboxylic acid groups (broad SMARTS) is 1. The van der Waals surface area contributed by atoms with Gasteiger partial charge < -0.3 is 10.1 Å². The molecule has 4 heteroatoms. The molecule has 0 aliphatic rings. The predicted molar refractivity (Wildman–Crippen MR) is 73.3 cm³/mol. The average molecular weight is 258 g/mol. The fourth-order valence-corrected chi connectivity index (χ4v) is 2.05. The molecule has 0 aliphatic carbocycles. The number of carbonyl (C=O) groups is 1. The number of rotatable bonds is 5. The van der Waals surface area contributed by atoms with Crippen LogP contribution in [0.5, 0.6) is 0 Å². The standard InChI is InChI=1S/C15H18N2O2/c1-3-11-4-6-12(7-5-11)8-14-16-10(2)13(17-14)9-15(18)19/h4-7H,3,8-9H2,1-2H3,(H,16,17)(H,18,19). The van der Waals surface area contributed by atoms with Crippen molar-refractivity contribution in [2.24, 2.45) is 0 Å². The first-order chi connectivity index (χ1) is 9.08. The molecule has 2 rings (SSSR count). The number of aromatic amines is 1. The van der Waals surface area contributed by atoms with Crippen LogP contribution in [-0.4, -0.2) is 21.0 Å². The SMILES string of the molecule is CCc1ccc(Cc2nc(CC(=O)O)c(C)[nH]2)cc1. The van der Waals surface area contributed by atoms with Crippen molar-refractivity contribution in [2.45, 2.75) is 33.1 Å². The van der Waals surface area contributed by atoms with Crippen molar-refractivity contribution in [3.63, 3.8) is 0 Å². The highest BCUT2D eigenvalue weighted by molar-refractivity contribution is 5.69. The summed E-state index contributed by atoms with van der Waals surface area (Å²) in [4.78, 5) is 18.2. The molecule has 0 aliphatic heterocycles. The minimum atomic E-state index is -0.853. The molecule has 19 heavy (non-hydrogen) atoms. The van der Waals surface area contributed by atoms with Gasteiger partial charge in [-0.15, -0.1) is 0 Å². The molecule has 4 nitrogen and oxygen atoms in total. The molecule has 2 N–H and O–H groups in total. The van der Waals surface area contributed by atoms with E-state index in [1.807, 2.05) is 6.92 Å². The van der Waals surface area contributed by atoms with Crippen LogP contribution in [0.3, 0.4) is 0 Å². The quantitative estimate of drug-likeness (QED) is 0.866. The van der Waals surface area contributed by atoms with Gasteiger partial charge in [-0.3, -0.25) is 4.79 Å². The maximum absolute atomic E-state index is 10.7. The van der Waals surface area contributed by atoms with Crippen molar-refractivity contribution in [1.82, 2.24) is 9.97 Å². The lowest BCUT2D eigenvalue weighted by atomic mass is 10.1. The number of nitrogens with zero attached hydrogens (tertiary/aromatic N) is 1. The Labute approximate surface area is 112 Å². The molecular formula is C15H18N2O2. The van der Waals surface area contributed by atoms with E-state index in [2.05, 4.69) is 41.2 Å². The molecule has 1 aromatic carbocycles. The molecule has 0 radical (unpaired) electrons. The summed E-state index contributed by atoms with van der Waals surface area (Å²) in [6.07, 6.45) is 1.70. The second-order valence-corrected chi connectivity index (χ2v) is 4.67. The molecule has 0 spiro atoms. The highest BCUT2D eigenvalue weighted by Crippen LogP contribution is 2.12. The molecule has 0 saturated carbocycles. The number of carboxylic acids is 1. The van der Waals surface area contributed by atoms with Crippen molar-refractivity contribution < 1.29 is 9.90 Å². The zero-order valence-corrected chi connectivity index (χ0v) is 11.2. The van der Waals surface area contributed by atoms with Crippen LogP contribution < -0.4 is 0 Å². The van der Waals surface area contributed by atoms with Gasteiger partial charge in [-0.1, -0.05) is 31.2 Å². The maximum Gasteiger partial charge on any atom is 0.309 e. The van der Waals surface area contributed by atoms with Crippen LogP contribution in [-0.2, 0) is 24.1 Å². The monoisotopic (exact) mass is 258 g/mol. The molecule has 0 fully saturated rings. The third kappa shape index (κ3) is 3.44. The Morgan fingerprint density at radius 1 is 1.26 bits per heavy atom. The molecule has 100 valence electrons. The third-order valence-corrected chi connectivity index (χ3v) is 3.16. The minimum Gasteiger partial charge on any atom is -0.481 e.